The number of ether oxygens (including phenoxy) is 1. The standard InChI is InChI=1S/C9H11N5O2/c1-3-16-9(15)8-11-7(12-13-8)6-4-5-10-14(6)2/h4-5H,3H2,1-2H3,(H,11,12,13). The van der Waals surface area contributed by atoms with Crippen molar-refractivity contribution in [1.82, 2.24) is 25.0 Å². The van der Waals surface area contributed by atoms with E-state index in [2.05, 4.69) is 20.3 Å². The Morgan fingerprint density at radius 1 is 1.62 bits per heavy atom. The molecule has 0 aliphatic heterocycles. The summed E-state index contributed by atoms with van der Waals surface area (Å²) in [5, 5.41) is 10.4. The molecule has 1 N–H and O–H groups in total. The molecule has 0 aliphatic rings. The van der Waals surface area contributed by atoms with Crippen LogP contribution in [0.4, 0.5) is 0 Å². The highest BCUT2D eigenvalue weighted by atomic mass is 16.5. The predicted octanol–water partition coefficient (Wildman–Crippen LogP) is 0.382. The van der Waals surface area contributed by atoms with Crippen LogP contribution >= 0.6 is 0 Å². The third-order valence-electron chi connectivity index (χ3n) is 2.00. The smallest absolute Gasteiger partial charge is 0.375 e. The van der Waals surface area contributed by atoms with Crippen LogP contribution in [0.3, 0.4) is 0 Å². The zero-order valence-electron chi connectivity index (χ0n) is 8.97. The lowest BCUT2D eigenvalue weighted by atomic mass is 10.4. The molecule has 7 heteroatoms. The van der Waals surface area contributed by atoms with Crippen molar-refractivity contribution < 1.29 is 9.53 Å². The first-order chi connectivity index (χ1) is 7.72. The molecule has 2 rings (SSSR count). The molecule has 0 aliphatic carbocycles. The second-order valence-corrected chi connectivity index (χ2v) is 3.07. The molecule has 0 atom stereocenters. The fourth-order valence-electron chi connectivity index (χ4n) is 1.26. The molecule has 0 saturated heterocycles. The number of hydrogen-bond acceptors (Lipinski definition) is 5. The second kappa shape index (κ2) is 4.13. The van der Waals surface area contributed by atoms with Crippen LogP contribution in [0, 0.1) is 0 Å². The number of nitrogens with zero attached hydrogens (tertiary/aromatic N) is 4. The monoisotopic (exact) mass is 221 g/mol. The number of aromatic amines is 1. The van der Waals surface area contributed by atoms with Gasteiger partial charge in [0.1, 0.15) is 5.69 Å². The van der Waals surface area contributed by atoms with Gasteiger partial charge >= 0.3 is 5.97 Å². The van der Waals surface area contributed by atoms with E-state index in [-0.39, 0.29) is 5.82 Å². The first kappa shape index (κ1) is 10.3. The largest absolute Gasteiger partial charge is 0.460 e. The Kier molecular flexibility index (Phi) is 2.67. The van der Waals surface area contributed by atoms with Crippen molar-refractivity contribution in [2.75, 3.05) is 6.61 Å². The van der Waals surface area contributed by atoms with Crippen molar-refractivity contribution in [2.45, 2.75) is 6.92 Å². The molecule has 0 radical (unpaired) electrons. The minimum absolute atomic E-state index is 0.0954. The molecule has 0 spiro atoms. The van der Waals surface area contributed by atoms with Gasteiger partial charge in [-0.3, -0.25) is 9.78 Å². The lowest BCUT2D eigenvalue weighted by molar-refractivity contribution is 0.0512. The summed E-state index contributed by atoms with van der Waals surface area (Å²) in [6.45, 7) is 2.04. The number of aryl methyl sites for hydroxylation is 1. The van der Waals surface area contributed by atoms with Gasteiger partial charge in [-0.05, 0) is 13.0 Å². The second-order valence-electron chi connectivity index (χ2n) is 3.07. The Bertz CT molecular complexity index is 501. The molecule has 0 amide bonds. The number of aromatic nitrogens is 5. The van der Waals surface area contributed by atoms with Crippen LogP contribution in [0.25, 0.3) is 11.5 Å². The highest BCUT2D eigenvalue weighted by Crippen LogP contribution is 2.12. The number of nitrogens with one attached hydrogen (secondary N) is 1. The van der Waals surface area contributed by atoms with Gasteiger partial charge in [0, 0.05) is 13.2 Å². The molecule has 2 aromatic heterocycles. The van der Waals surface area contributed by atoms with Crippen LogP contribution in [0.1, 0.15) is 17.5 Å². The van der Waals surface area contributed by atoms with Gasteiger partial charge in [-0.15, -0.1) is 0 Å². The highest BCUT2D eigenvalue weighted by molar-refractivity contribution is 5.85. The van der Waals surface area contributed by atoms with E-state index in [4.69, 9.17) is 4.74 Å². The van der Waals surface area contributed by atoms with Gasteiger partial charge < -0.3 is 4.74 Å². The van der Waals surface area contributed by atoms with Crippen LogP contribution < -0.4 is 0 Å². The van der Waals surface area contributed by atoms with E-state index >= 15 is 0 Å². The zero-order chi connectivity index (χ0) is 11.5. The summed E-state index contributed by atoms with van der Waals surface area (Å²) in [6.07, 6.45) is 1.63. The molecular weight excluding hydrogens is 210 g/mol. The van der Waals surface area contributed by atoms with Crippen molar-refractivity contribution in [3.05, 3.63) is 18.1 Å². The molecule has 2 heterocycles. The third kappa shape index (κ3) is 1.79. The highest BCUT2D eigenvalue weighted by Gasteiger charge is 2.15. The van der Waals surface area contributed by atoms with Gasteiger partial charge in [0.2, 0.25) is 5.82 Å². The SMILES string of the molecule is CCOC(=O)c1nc(-c2ccnn2C)n[nH]1. The summed E-state index contributed by atoms with van der Waals surface area (Å²) in [5.74, 6) is 0.00419. The lowest BCUT2D eigenvalue weighted by Gasteiger charge is -1.95. The van der Waals surface area contributed by atoms with Crippen molar-refractivity contribution in [3.63, 3.8) is 0 Å². The van der Waals surface area contributed by atoms with E-state index in [0.717, 1.165) is 5.69 Å². The van der Waals surface area contributed by atoms with Gasteiger partial charge in [0.15, 0.2) is 5.82 Å². The summed E-state index contributed by atoms with van der Waals surface area (Å²) < 4.78 is 6.42. The number of carbonyl (C=O) groups excluding carboxylic acids is 1. The molecule has 0 unspecified atom stereocenters. The van der Waals surface area contributed by atoms with E-state index in [0.29, 0.717) is 12.4 Å². The Morgan fingerprint density at radius 3 is 3.06 bits per heavy atom. The molecule has 84 valence electrons. The van der Waals surface area contributed by atoms with Crippen molar-refractivity contribution in [3.8, 4) is 11.5 Å². The fraction of sp³-hybridized carbons (Fsp3) is 0.333. The van der Waals surface area contributed by atoms with Gasteiger partial charge in [0.25, 0.3) is 0 Å². The minimum atomic E-state index is -0.511. The Hall–Kier alpha value is -2.18. The summed E-state index contributed by atoms with van der Waals surface area (Å²) in [4.78, 5) is 15.4. The average molecular weight is 221 g/mol. The number of esters is 1. The summed E-state index contributed by atoms with van der Waals surface area (Å²) in [7, 11) is 1.77. The molecule has 0 aromatic carbocycles. The third-order valence-corrected chi connectivity index (χ3v) is 2.00. The minimum Gasteiger partial charge on any atom is -0.460 e. The summed E-state index contributed by atoms with van der Waals surface area (Å²) >= 11 is 0. The van der Waals surface area contributed by atoms with Gasteiger partial charge in [0.05, 0.1) is 6.61 Å². The Labute approximate surface area is 91.4 Å². The molecule has 0 bridgehead atoms. The van der Waals surface area contributed by atoms with E-state index < -0.39 is 5.97 Å². The van der Waals surface area contributed by atoms with Crippen LogP contribution in [-0.2, 0) is 11.8 Å². The van der Waals surface area contributed by atoms with E-state index in [1.54, 1.807) is 30.9 Å². The van der Waals surface area contributed by atoms with E-state index in [9.17, 15) is 4.79 Å². The molecule has 7 nitrogen and oxygen atoms in total. The van der Waals surface area contributed by atoms with Crippen molar-refractivity contribution in [1.29, 1.82) is 0 Å². The maximum absolute atomic E-state index is 11.3. The molecule has 16 heavy (non-hydrogen) atoms. The first-order valence-electron chi connectivity index (χ1n) is 4.80. The molecule has 2 aromatic rings. The van der Waals surface area contributed by atoms with Crippen molar-refractivity contribution >= 4 is 5.97 Å². The maximum atomic E-state index is 11.3. The van der Waals surface area contributed by atoms with Crippen LogP contribution in [-0.4, -0.2) is 37.5 Å². The molecule has 0 saturated carbocycles. The Morgan fingerprint density at radius 2 is 2.44 bits per heavy atom. The average Bonchev–Trinajstić information content (AvgIpc) is 2.86. The maximum Gasteiger partial charge on any atom is 0.375 e. The quantitative estimate of drug-likeness (QED) is 0.757. The number of rotatable bonds is 3. The van der Waals surface area contributed by atoms with Crippen LogP contribution in [0.5, 0.6) is 0 Å². The van der Waals surface area contributed by atoms with Crippen LogP contribution in [0.15, 0.2) is 12.3 Å². The normalized spacial score (nSPS) is 10.4. The van der Waals surface area contributed by atoms with E-state index in [1.165, 1.54) is 0 Å². The summed E-state index contributed by atoms with van der Waals surface area (Å²) in [5.41, 5.74) is 0.729. The zero-order valence-corrected chi connectivity index (χ0v) is 8.97. The summed E-state index contributed by atoms with van der Waals surface area (Å²) in [6, 6.07) is 1.76. The number of hydrogen-bond donors (Lipinski definition) is 1. The fourth-order valence-corrected chi connectivity index (χ4v) is 1.26. The van der Waals surface area contributed by atoms with E-state index in [1.807, 2.05) is 0 Å². The predicted molar refractivity (Wildman–Crippen MR) is 54.5 cm³/mol. The van der Waals surface area contributed by atoms with Crippen LogP contribution in [0.2, 0.25) is 0 Å². The topological polar surface area (TPSA) is 85.7 Å². The Balaban J connectivity index is 2.26. The van der Waals surface area contributed by atoms with Gasteiger partial charge in [-0.2, -0.15) is 15.2 Å². The number of H-pyrrole nitrogens is 1. The van der Waals surface area contributed by atoms with Crippen molar-refractivity contribution in [2.24, 2.45) is 7.05 Å². The van der Waals surface area contributed by atoms with Gasteiger partial charge in [-0.1, -0.05) is 0 Å². The molecule has 0 fully saturated rings. The van der Waals surface area contributed by atoms with Gasteiger partial charge in [-0.25, -0.2) is 4.79 Å². The molecular formula is C9H11N5O2. The first-order valence-corrected chi connectivity index (χ1v) is 4.80. The lowest BCUT2D eigenvalue weighted by Crippen LogP contribution is -2.06. The number of carbonyl (C=O) groups is 1.